The number of hydrogen-bond donors (Lipinski definition) is 1. The minimum absolute atomic E-state index is 0.195. The van der Waals surface area contributed by atoms with E-state index in [1.807, 2.05) is 31.2 Å². The van der Waals surface area contributed by atoms with Gasteiger partial charge in [-0.1, -0.05) is 41.4 Å². The van der Waals surface area contributed by atoms with Crippen LogP contribution in [0, 0.1) is 0 Å². The first-order valence-corrected chi connectivity index (χ1v) is 11.4. The van der Waals surface area contributed by atoms with Crippen molar-refractivity contribution in [3.63, 3.8) is 0 Å². The Bertz CT molecular complexity index is 1320. The minimum Gasteiger partial charge on any atom is -0.494 e. The van der Waals surface area contributed by atoms with E-state index in [0.29, 0.717) is 22.9 Å². The van der Waals surface area contributed by atoms with Gasteiger partial charge >= 0.3 is 5.97 Å². The summed E-state index contributed by atoms with van der Waals surface area (Å²) < 4.78 is 5.85. The van der Waals surface area contributed by atoms with Gasteiger partial charge in [0.1, 0.15) is 11.3 Å². The van der Waals surface area contributed by atoms with Gasteiger partial charge in [0.05, 0.1) is 17.2 Å². The van der Waals surface area contributed by atoms with Gasteiger partial charge in [-0.2, -0.15) is 0 Å². The molecule has 0 aromatic heterocycles. The number of Topliss-reactive ketones (excluding diaryl/α,β-unsaturated/α-hetero) is 1. The van der Waals surface area contributed by atoms with Crippen molar-refractivity contribution < 1.29 is 19.4 Å². The molecular weight excluding hydrogens is 473 g/mol. The molecule has 0 radical (unpaired) electrons. The number of allylic oxidation sites excluding steroid dienone is 1. The number of nitrogens with zero attached hydrogens (tertiary/aromatic N) is 1. The maximum absolute atomic E-state index is 13.7. The highest BCUT2D eigenvalue weighted by molar-refractivity contribution is 6.37. The van der Waals surface area contributed by atoms with E-state index >= 15 is 0 Å². The molecule has 1 atom stereocenters. The number of ether oxygens (including phenoxy) is 1. The molecule has 1 heterocycles. The Balaban J connectivity index is 1.77. The van der Waals surface area contributed by atoms with Crippen LogP contribution >= 0.6 is 23.2 Å². The Morgan fingerprint density at radius 3 is 2.50 bits per heavy atom. The van der Waals surface area contributed by atoms with Crippen LogP contribution in [0.5, 0.6) is 5.75 Å². The maximum Gasteiger partial charge on any atom is 0.335 e. The fourth-order valence-electron chi connectivity index (χ4n) is 3.96. The van der Waals surface area contributed by atoms with Crippen molar-refractivity contribution in [3.05, 3.63) is 99.6 Å². The normalized spacial score (nSPS) is 16.6. The maximum atomic E-state index is 13.7. The summed E-state index contributed by atoms with van der Waals surface area (Å²) in [6.45, 7) is 2.33. The molecule has 34 heavy (non-hydrogen) atoms. The average molecular weight is 494 g/mol. The van der Waals surface area contributed by atoms with Crippen molar-refractivity contribution in [1.29, 1.82) is 0 Å². The average Bonchev–Trinajstić information content (AvgIpc) is 3.30. The molecule has 4 rings (SSSR count). The van der Waals surface area contributed by atoms with Crippen LogP contribution in [0.3, 0.4) is 0 Å². The number of carboxylic acid groups (broad SMARTS) is 1. The lowest BCUT2D eigenvalue weighted by Gasteiger charge is -2.25. The zero-order valence-electron chi connectivity index (χ0n) is 18.3. The summed E-state index contributed by atoms with van der Waals surface area (Å²) in [5.41, 5.74) is 1.65. The molecule has 0 fully saturated rings. The minimum atomic E-state index is -1.19. The van der Waals surface area contributed by atoms with Crippen LogP contribution in [0.25, 0.3) is 11.1 Å². The third kappa shape index (κ3) is 4.76. The van der Waals surface area contributed by atoms with Crippen molar-refractivity contribution >= 4 is 41.2 Å². The number of aliphatic imine (C=N–C) groups is 1. The molecule has 1 aliphatic rings. The molecule has 0 amide bonds. The lowest BCUT2D eigenvalue weighted by Crippen LogP contribution is -2.36. The molecule has 172 valence electrons. The molecule has 0 spiro atoms. The summed E-state index contributed by atoms with van der Waals surface area (Å²) in [6, 6.07) is 17.1. The summed E-state index contributed by atoms with van der Waals surface area (Å²) in [5, 5.41) is 10.1. The molecule has 0 aliphatic carbocycles. The van der Waals surface area contributed by atoms with Gasteiger partial charge in [-0.15, -0.1) is 0 Å². The SMILES string of the molecule is CCOc1ccc(-c2cccc(C(=O)O)c2)cc1CC1(C(=O)c2ccc(Cl)cc2Cl)C=CC=N1. The van der Waals surface area contributed by atoms with Crippen LogP contribution in [0.1, 0.15) is 33.2 Å². The van der Waals surface area contributed by atoms with Crippen molar-refractivity contribution in [2.75, 3.05) is 6.61 Å². The molecule has 1 unspecified atom stereocenters. The van der Waals surface area contributed by atoms with Crippen molar-refractivity contribution in [2.24, 2.45) is 4.99 Å². The van der Waals surface area contributed by atoms with Gasteiger partial charge in [0, 0.05) is 23.2 Å². The van der Waals surface area contributed by atoms with Crippen LogP contribution in [0.2, 0.25) is 10.0 Å². The monoisotopic (exact) mass is 493 g/mol. The first kappa shape index (κ1) is 23.7. The van der Waals surface area contributed by atoms with Crippen LogP contribution in [0.15, 0.2) is 77.8 Å². The zero-order valence-corrected chi connectivity index (χ0v) is 19.8. The highest BCUT2D eigenvalue weighted by atomic mass is 35.5. The van der Waals surface area contributed by atoms with Crippen LogP contribution in [-0.2, 0) is 6.42 Å². The molecule has 1 N–H and O–H groups in total. The third-order valence-corrected chi connectivity index (χ3v) is 6.14. The molecule has 3 aromatic rings. The second-order valence-electron chi connectivity index (χ2n) is 7.83. The van der Waals surface area contributed by atoms with Gasteiger partial charge < -0.3 is 9.84 Å². The predicted octanol–water partition coefficient (Wildman–Crippen LogP) is 6.56. The second-order valence-corrected chi connectivity index (χ2v) is 8.68. The summed E-state index contributed by atoms with van der Waals surface area (Å²) in [5.74, 6) is -0.617. The van der Waals surface area contributed by atoms with Crippen LogP contribution in [-0.4, -0.2) is 35.2 Å². The first-order valence-electron chi connectivity index (χ1n) is 10.7. The lowest BCUT2D eigenvalue weighted by molar-refractivity contribution is 0.0696. The van der Waals surface area contributed by atoms with Crippen LogP contribution < -0.4 is 4.74 Å². The van der Waals surface area contributed by atoms with E-state index in [1.54, 1.807) is 48.7 Å². The van der Waals surface area contributed by atoms with E-state index in [1.165, 1.54) is 6.07 Å². The molecule has 7 heteroatoms. The number of aromatic carboxylic acids is 1. The summed E-state index contributed by atoms with van der Waals surface area (Å²) in [4.78, 5) is 29.6. The molecule has 0 bridgehead atoms. The number of hydrogen-bond acceptors (Lipinski definition) is 4. The number of ketones is 1. The van der Waals surface area contributed by atoms with Crippen molar-refractivity contribution in [3.8, 4) is 16.9 Å². The molecule has 0 saturated heterocycles. The lowest BCUT2D eigenvalue weighted by atomic mass is 9.83. The fourth-order valence-corrected chi connectivity index (χ4v) is 4.46. The van der Waals surface area contributed by atoms with Gasteiger partial charge in [-0.05, 0) is 78.2 Å². The van der Waals surface area contributed by atoms with Crippen LogP contribution in [0.4, 0.5) is 0 Å². The van der Waals surface area contributed by atoms with Crippen molar-refractivity contribution in [1.82, 2.24) is 0 Å². The van der Waals surface area contributed by atoms with Gasteiger partial charge in [0.25, 0.3) is 0 Å². The Labute approximate surface area is 207 Å². The second kappa shape index (κ2) is 9.84. The number of benzene rings is 3. The summed E-state index contributed by atoms with van der Waals surface area (Å²) in [6.07, 6.45) is 5.33. The molecule has 0 saturated carbocycles. The van der Waals surface area contributed by atoms with Gasteiger partial charge in [-0.25, -0.2) is 4.79 Å². The number of halogens is 2. The van der Waals surface area contributed by atoms with Crippen molar-refractivity contribution in [2.45, 2.75) is 18.9 Å². The largest absolute Gasteiger partial charge is 0.494 e. The number of carbonyl (C=O) groups excluding carboxylic acids is 1. The Morgan fingerprint density at radius 2 is 1.82 bits per heavy atom. The topological polar surface area (TPSA) is 76.0 Å². The number of rotatable bonds is 8. The van der Waals surface area contributed by atoms with E-state index in [-0.39, 0.29) is 22.8 Å². The highest BCUT2D eigenvalue weighted by Gasteiger charge is 2.39. The third-order valence-electron chi connectivity index (χ3n) is 5.60. The first-order chi connectivity index (χ1) is 16.3. The zero-order chi connectivity index (χ0) is 24.3. The Kier molecular flexibility index (Phi) is 6.87. The predicted molar refractivity (Wildman–Crippen MR) is 135 cm³/mol. The van der Waals surface area contributed by atoms with E-state index in [9.17, 15) is 14.7 Å². The fraction of sp³-hybridized carbons (Fsp3) is 0.148. The number of carboxylic acids is 1. The quantitative estimate of drug-likeness (QED) is 0.360. The molecule has 5 nitrogen and oxygen atoms in total. The van der Waals surface area contributed by atoms with E-state index in [4.69, 9.17) is 27.9 Å². The molecule has 3 aromatic carbocycles. The van der Waals surface area contributed by atoms with Gasteiger partial charge in [0.2, 0.25) is 0 Å². The highest BCUT2D eigenvalue weighted by Crippen LogP contribution is 2.36. The van der Waals surface area contributed by atoms with Gasteiger partial charge in [0.15, 0.2) is 5.78 Å². The Hall–Kier alpha value is -3.41. The van der Waals surface area contributed by atoms with E-state index in [0.717, 1.165) is 16.7 Å². The van der Waals surface area contributed by atoms with E-state index in [2.05, 4.69) is 4.99 Å². The number of carbonyl (C=O) groups is 2. The summed E-state index contributed by atoms with van der Waals surface area (Å²) in [7, 11) is 0. The summed E-state index contributed by atoms with van der Waals surface area (Å²) >= 11 is 12.4. The smallest absolute Gasteiger partial charge is 0.335 e. The standard InChI is InChI=1S/C27H21Cl2NO4/c1-2-34-24-10-7-18(17-5-3-6-19(13-17)26(32)33)14-20(24)16-27(11-4-12-30-27)25(31)22-9-8-21(28)15-23(22)29/h3-15H,2,16H2,1H3,(H,32,33). The van der Waals surface area contributed by atoms with E-state index < -0.39 is 11.5 Å². The Morgan fingerprint density at radius 1 is 1.03 bits per heavy atom. The molecule has 1 aliphatic heterocycles. The van der Waals surface area contributed by atoms with Gasteiger partial charge in [-0.3, -0.25) is 9.79 Å². The molecular formula is C27H21Cl2NO4.